The topological polar surface area (TPSA) is 84.5 Å². The molecule has 0 unspecified atom stereocenters. The van der Waals surface area contributed by atoms with E-state index in [1.807, 2.05) is 24.3 Å². The molecule has 1 amide bonds. The zero-order valence-electron chi connectivity index (χ0n) is 16.1. The van der Waals surface area contributed by atoms with Crippen molar-refractivity contribution in [3.05, 3.63) is 54.1 Å². The standard InChI is InChI=1S/C20H26N2O4S/c1-20(2,3)22-27(24,25)18-10-6-8-16(14-18)21-19(23)12-11-15-7-5-9-17(13-15)26-4/h5-10,13-14,22H,11-12H2,1-4H3,(H,21,23). The second-order valence-electron chi connectivity index (χ2n) is 7.28. The molecule has 146 valence electrons. The van der Waals surface area contributed by atoms with Crippen molar-refractivity contribution in [2.24, 2.45) is 0 Å². The third-order valence-corrected chi connectivity index (χ3v) is 5.40. The highest BCUT2D eigenvalue weighted by Gasteiger charge is 2.22. The van der Waals surface area contributed by atoms with Crippen LogP contribution in [0.4, 0.5) is 5.69 Å². The van der Waals surface area contributed by atoms with E-state index in [9.17, 15) is 13.2 Å². The van der Waals surface area contributed by atoms with Crippen LogP contribution in [-0.2, 0) is 21.2 Å². The van der Waals surface area contributed by atoms with Gasteiger partial charge in [-0.3, -0.25) is 4.79 Å². The van der Waals surface area contributed by atoms with Crippen molar-refractivity contribution < 1.29 is 17.9 Å². The van der Waals surface area contributed by atoms with Gasteiger partial charge in [0.1, 0.15) is 5.75 Å². The average Bonchev–Trinajstić information content (AvgIpc) is 2.58. The van der Waals surface area contributed by atoms with Crippen LogP contribution in [0, 0.1) is 0 Å². The number of amides is 1. The van der Waals surface area contributed by atoms with E-state index in [0.717, 1.165) is 11.3 Å². The second-order valence-corrected chi connectivity index (χ2v) is 8.97. The number of hydrogen-bond acceptors (Lipinski definition) is 4. The Balaban J connectivity index is 2.02. The molecular weight excluding hydrogens is 364 g/mol. The molecule has 0 aliphatic rings. The van der Waals surface area contributed by atoms with Crippen molar-refractivity contribution in [3.8, 4) is 5.75 Å². The first kappa shape index (κ1) is 20.9. The van der Waals surface area contributed by atoms with Crippen LogP contribution in [0.1, 0.15) is 32.8 Å². The molecule has 27 heavy (non-hydrogen) atoms. The van der Waals surface area contributed by atoms with Gasteiger partial charge in [0.2, 0.25) is 15.9 Å². The van der Waals surface area contributed by atoms with Gasteiger partial charge in [-0.1, -0.05) is 18.2 Å². The molecule has 0 atom stereocenters. The fraction of sp³-hybridized carbons (Fsp3) is 0.350. The van der Waals surface area contributed by atoms with Gasteiger partial charge >= 0.3 is 0 Å². The summed E-state index contributed by atoms with van der Waals surface area (Å²) >= 11 is 0. The highest BCUT2D eigenvalue weighted by molar-refractivity contribution is 7.89. The number of aryl methyl sites for hydroxylation is 1. The molecule has 7 heteroatoms. The zero-order valence-corrected chi connectivity index (χ0v) is 16.9. The lowest BCUT2D eigenvalue weighted by Gasteiger charge is -2.20. The van der Waals surface area contributed by atoms with Crippen molar-refractivity contribution in [3.63, 3.8) is 0 Å². The smallest absolute Gasteiger partial charge is 0.241 e. The normalized spacial score (nSPS) is 11.9. The maximum Gasteiger partial charge on any atom is 0.241 e. The van der Waals surface area contributed by atoms with Crippen LogP contribution in [0.15, 0.2) is 53.4 Å². The Hall–Kier alpha value is -2.38. The number of sulfonamides is 1. The molecule has 0 aliphatic carbocycles. The largest absolute Gasteiger partial charge is 0.497 e. The van der Waals surface area contributed by atoms with Crippen LogP contribution in [0.3, 0.4) is 0 Å². The fourth-order valence-corrected chi connectivity index (χ4v) is 3.98. The summed E-state index contributed by atoms with van der Waals surface area (Å²) in [5.41, 5.74) is 0.854. The van der Waals surface area contributed by atoms with Crippen molar-refractivity contribution in [1.82, 2.24) is 4.72 Å². The molecule has 0 heterocycles. The number of benzene rings is 2. The number of hydrogen-bond donors (Lipinski definition) is 2. The predicted octanol–water partition coefficient (Wildman–Crippen LogP) is 3.34. The molecule has 0 aliphatic heterocycles. The summed E-state index contributed by atoms with van der Waals surface area (Å²) < 4.78 is 32.6. The van der Waals surface area contributed by atoms with Gasteiger partial charge in [-0.25, -0.2) is 13.1 Å². The molecule has 0 spiro atoms. The van der Waals surface area contributed by atoms with Crippen molar-refractivity contribution in [2.75, 3.05) is 12.4 Å². The summed E-state index contributed by atoms with van der Waals surface area (Å²) in [4.78, 5) is 12.3. The van der Waals surface area contributed by atoms with Gasteiger partial charge in [0.15, 0.2) is 0 Å². The minimum atomic E-state index is -3.65. The summed E-state index contributed by atoms with van der Waals surface area (Å²) in [6.07, 6.45) is 0.844. The Labute approximate surface area is 161 Å². The van der Waals surface area contributed by atoms with Crippen LogP contribution in [0.5, 0.6) is 5.75 Å². The third-order valence-electron chi connectivity index (χ3n) is 3.64. The second kappa shape index (κ2) is 8.54. The number of nitrogens with one attached hydrogen (secondary N) is 2. The predicted molar refractivity (Wildman–Crippen MR) is 106 cm³/mol. The number of anilines is 1. The minimum Gasteiger partial charge on any atom is -0.497 e. The molecule has 0 fully saturated rings. The van der Waals surface area contributed by atoms with E-state index in [-0.39, 0.29) is 17.2 Å². The van der Waals surface area contributed by atoms with E-state index in [4.69, 9.17) is 4.74 Å². The number of methoxy groups -OCH3 is 1. The van der Waals surface area contributed by atoms with Crippen LogP contribution in [0.25, 0.3) is 0 Å². The van der Waals surface area contributed by atoms with Gasteiger partial charge in [0.25, 0.3) is 0 Å². The first-order valence-electron chi connectivity index (χ1n) is 8.66. The molecule has 2 N–H and O–H groups in total. The van der Waals surface area contributed by atoms with Gasteiger partial charge in [0, 0.05) is 17.6 Å². The Bertz CT molecular complexity index is 902. The van der Waals surface area contributed by atoms with Crippen LogP contribution >= 0.6 is 0 Å². The number of carbonyl (C=O) groups excluding carboxylic acids is 1. The van der Waals surface area contributed by atoms with E-state index in [1.165, 1.54) is 12.1 Å². The maximum atomic E-state index is 12.4. The van der Waals surface area contributed by atoms with Crippen LogP contribution < -0.4 is 14.8 Å². The molecule has 0 aromatic heterocycles. The fourth-order valence-electron chi connectivity index (χ4n) is 2.51. The summed E-state index contributed by atoms with van der Waals surface area (Å²) in [6, 6.07) is 13.8. The Morgan fingerprint density at radius 3 is 2.44 bits per heavy atom. The molecule has 2 rings (SSSR count). The summed E-state index contributed by atoms with van der Waals surface area (Å²) in [7, 11) is -2.06. The highest BCUT2D eigenvalue weighted by Crippen LogP contribution is 2.18. The maximum absolute atomic E-state index is 12.4. The lowest BCUT2D eigenvalue weighted by atomic mass is 10.1. The molecule has 0 saturated carbocycles. The van der Waals surface area contributed by atoms with Crippen LogP contribution in [-0.4, -0.2) is 27.0 Å². The average molecular weight is 391 g/mol. The number of rotatable bonds is 7. The van der Waals surface area contributed by atoms with Crippen molar-refractivity contribution in [2.45, 2.75) is 44.0 Å². The quantitative estimate of drug-likeness (QED) is 0.759. The summed E-state index contributed by atoms with van der Waals surface area (Å²) in [5, 5.41) is 2.75. The van der Waals surface area contributed by atoms with Gasteiger partial charge in [-0.2, -0.15) is 0 Å². The molecule has 0 saturated heterocycles. The molecule has 0 bridgehead atoms. The van der Waals surface area contributed by atoms with Gasteiger partial charge in [-0.15, -0.1) is 0 Å². The molecule has 6 nitrogen and oxygen atoms in total. The van der Waals surface area contributed by atoms with E-state index in [1.54, 1.807) is 40.0 Å². The van der Waals surface area contributed by atoms with E-state index in [2.05, 4.69) is 10.0 Å². The van der Waals surface area contributed by atoms with E-state index >= 15 is 0 Å². The first-order chi connectivity index (χ1) is 12.6. The Morgan fingerprint density at radius 1 is 1.07 bits per heavy atom. The monoisotopic (exact) mass is 390 g/mol. The number of ether oxygens (including phenoxy) is 1. The minimum absolute atomic E-state index is 0.114. The SMILES string of the molecule is COc1cccc(CCC(=O)Nc2cccc(S(=O)(=O)NC(C)(C)C)c2)c1. The van der Waals surface area contributed by atoms with Crippen molar-refractivity contribution >= 4 is 21.6 Å². The van der Waals surface area contributed by atoms with E-state index < -0.39 is 15.6 Å². The molecule has 0 radical (unpaired) electrons. The van der Waals surface area contributed by atoms with Gasteiger partial charge < -0.3 is 10.1 Å². The summed E-state index contributed by atoms with van der Waals surface area (Å²) in [6.45, 7) is 5.32. The Kier molecular flexibility index (Phi) is 6.62. The third kappa shape index (κ3) is 6.69. The molecular formula is C20H26N2O4S. The zero-order chi connectivity index (χ0) is 20.1. The highest BCUT2D eigenvalue weighted by atomic mass is 32.2. The Morgan fingerprint density at radius 2 is 1.78 bits per heavy atom. The first-order valence-corrected chi connectivity index (χ1v) is 10.1. The molecule has 2 aromatic carbocycles. The van der Waals surface area contributed by atoms with Gasteiger partial charge in [-0.05, 0) is 63.1 Å². The lowest BCUT2D eigenvalue weighted by Crippen LogP contribution is -2.40. The van der Waals surface area contributed by atoms with E-state index in [0.29, 0.717) is 12.1 Å². The lowest BCUT2D eigenvalue weighted by molar-refractivity contribution is -0.116. The van der Waals surface area contributed by atoms with Crippen LogP contribution in [0.2, 0.25) is 0 Å². The van der Waals surface area contributed by atoms with Crippen molar-refractivity contribution in [1.29, 1.82) is 0 Å². The summed E-state index contributed by atoms with van der Waals surface area (Å²) in [5.74, 6) is 0.563. The molecule has 2 aromatic rings. The number of carbonyl (C=O) groups is 1. The van der Waals surface area contributed by atoms with Gasteiger partial charge in [0.05, 0.1) is 12.0 Å².